The quantitative estimate of drug-likeness (QED) is 0.655. The zero-order valence-corrected chi connectivity index (χ0v) is 7.52. The van der Waals surface area contributed by atoms with Gasteiger partial charge >= 0.3 is 0 Å². The summed E-state index contributed by atoms with van der Waals surface area (Å²) in [5.41, 5.74) is 1.11. The van der Waals surface area contributed by atoms with E-state index in [4.69, 9.17) is 0 Å². The maximum Gasteiger partial charge on any atom is 0.226 e. The first kappa shape index (κ1) is 8.27. The molecule has 3 heteroatoms. The van der Waals surface area contributed by atoms with Crippen LogP contribution in [-0.4, -0.2) is 24.9 Å². The van der Waals surface area contributed by atoms with E-state index in [0.29, 0.717) is 6.42 Å². The van der Waals surface area contributed by atoms with Crippen molar-refractivity contribution in [3.63, 3.8) is 0 Å². The number of thiophene rings is 1. The van der Waals surface area contributed by atoms with Crippen molar-refractivity contribution < 1.29 is 4.79 Å². The lowest BCUT2D eigenvalue weighted by Gasteiger charge is -2.08. The van der Waals surface area contributed by atoms with Crippen molar-refractivity contribution in [2.75, 3.05) is 14.1 Å². The highest BCUT2D eigenvalue weighted by Gasteiger charge is 2.04. The zero-order chi connectivity index (χ0) is 8.27. The highest BCUT2D eigenvalue weighted by atomic mass is 32.1. The Morgan fingerprint density at radius 3 is 2.82 bits per heavy atom. The average molecular weight is 169 g/mol. The van der Waals surface area contributed by atoms with E-state index >= 15 is 0 Å². The smallest absolute Gasteiger partial charge is 0.226 e. The molecule has 1 heterocycles. The largest absolute Gasteiger partial charge is 0.349 e. The Hall–Kier alpha value is -0.830. The summed E-state index contributed by atoms with van der Waals surface area (Å²) in [6.07, 6.45) is 0.524. The van der Waals surface area contributed by atoms with Crippen molar-refractivity contribution in [3.05, 3.63) is 22.4 Å². The van der Waals surface area contributed by atoms with Crippen LogP contribution in [0.2, 0.25) is 0 Å². The molecule has 11 heavy (non-hydrogen) atoms. The summed E-state index contributed by atoms with van der Waals surface area (Å²) in [6, 6.07) is 1.98. The highest BCUT2D eigenvalue weighted by Crippen LogP contribution is 2.06. The van der Waals surface area contributed by atoms with E-state index in [1.165, 1.54) is 0 Å². The number of hydrogen-bond donors (Lipinski definition) is 0. The number of amides is 1. The number of likely N-dealkylation sites (N-methyl/N-ethyl adjacent to an activating group) is 1. The third-order valence-corrected chi connectivity index (χ3v) is 2.17. The van der Waals surface area contributed by atoms with Crippen LogP contribution in [0.5, 0.6) is 0 Å². The number of hydrogen-bond acceptors (Lipinski definition) is 2. The predicted molar refractivity (Wildman–Crippen MR) is 46.7 cm³/mol. The average Bonchev–Trinajstić information content (AvgIpc) is 2.39. The van der Waals surface area contributed by atoms with E-state index in [2.05, 4.69) is 0 Å². The zero-order valence-electron chi connectivity index (χ0n) is 6.70. The van der Waals surface area contributed by atoms with Crippen molar-refractivity contribution >= 4 is 17.2 Å². The van der Waals surface area contributed by atoms with Gasteiger partial charge in [-0.1, -0.05) is 0 Å². The Morgan fingerprint density at radius 2 is 2.36 bits per heavy atom. The molecule has 0 saturated carbocycles. The lowest BCUT2D eigenvalue weighted by molar-refractivity contribution is -0.127. The van der Waals surface area contributed by atoms with Gasteiger partial charge in [0, 0.05) is 14.1 Å². The maximum absolute atomic E-state index is 11.1. The molecule has 0 N–H and O–H groups in total. The summed E-state index contributed by atoms with van der Waals surface area (Å²) < 4.78 is 0. The third kappa shape index (κ3) is 2.35. The molecule has 1 aromatic rings. The molecule has 0 aliphatic rings. The molecule has 1 aromatic heterocycles. The molecule has 0 aliphatic carbocycles. The van der Waals surface area contributed by atoms with Crippen molar-refractivity contribution in [2.24, 2.45) is 0 Å². The Bertz CT molecular complexity index is 228. The molecule has 0 radical (unpaired) electrons. The van der Waals surface area contributed by atoms with Crippen molar-refractivity contribution in [2.45, 2.75) is 6.42 Å². The molecule has 60 valence electrons. The summed E-state index contributed by atoms with van der Waals surface area (Å²) in [4.78, 5) is 12.7. The van der Waals surface area contributed by atoms with Gasteiger partial charge in [-0.2, -0.15) is 11.3 Å². The second-order valence-electron chi connectivity index (χ2n) is 2.60. The highest BCUT2D eigenvalue weighted by molar-refractivity contribution is 7.07. The number of carbonyl (C=O) groups excluding carboxylic acids is 1. The topological polar surface area (TPSA) is 20.3 Å². The fourth-order valence-corrected chi connectivity index (χ4v) is 1.39. The van der Waals surface area contributed by atoms with Crippen LogP contribution in [-0.2, 0) is 11.2 Å². The molecule has 0 saturated heterocycles. The van der Waals surface area contributed by atoms with E-state index in [0.717, 1.165) is 5.56 Å². The van der Waals surface area contributed by atoms with Crippen molar-refractivity contribution in [3.8, 4) is 0 Å². The molecule has 0 unspecified atom stereocenters. The van der Waals surface area contributed by atoms with Gasteiger partial charge < -0.3 is 4.90 Å². The van der Waals surface area contributed by atoms with Gasteiger partial charge in [-0.15, -0.1) is 0 Å². The number of carbonyl (C=O) groups is 1. The van der Waals surface area contributed by atoms with Crippen molar-refractivity contribution in [1.29, 1.82) is 0 Å². The van der Waals surface area contributed by atoms with Gasteiger partial charge in [0.15, 0.2) is 0 Å². The third-order valence-electron chi connectivity index (χ3n) is 1.43. The van der Waals surface area contributed by atoms with Crippen LogP contribution in [0, 0.1) is 0 Å². The Labute approximate surface area is 70.5 Å². The lowest BCUT2D eigenvalue weighted by Crippen LogP contribution is -2.23. The molecule has 1 rings (SSSR count). The Morgan fingerprint density at radius 1 is 1.64 bits per heavy atom. The number of nitrogens with zero attached hydrogens (tertiary/aromatic N) is 1. The van der Waals surface area contributed by atoms with Crippen LogP contribution in [0.4, 0.5) is 0 Å². The molecule has 0 bridgehead atoms. The van der Waals surface area contributed by atoms with Gasteiger partial charge in [0.1, 0.15) is 0 Å². The fraction of sp³-hybridized carbons (Fsp3) is 0.375. The monoisotopic (exact) mass is 169 g/mol. The summed E-state index contributed by atoms with van der Waals surface area (Å²) >= 11 is 1.62. The van der Waals surface area contributed by atoms with Gasteiger partial charge in [-0.05, 0) is 22.4 Å². The van der Waals surface area contributed by atoms with Crippen LogP contribution in [0.15, 0.2) is 16.8 Å². The second kappa shape index (κ2) is 3.53. The molecule has 2 nitrogen and oxygen atoms in total. The van der Waals surface area contributed by atoms with Crippen LogP contribution < -0.4 is 0 Å². The summed E-state index contributed by atoms with van der Waals surface area (Å²) in [7, 11) is 3.55. The van der Waals surface area contributed by atoms with E-state index in [-0.39, 0.29) is 5.91 Å². The van der Waals surface area contributed by atoms with E-state index in [1.54, 1.807) is 30.3 Å². The van der Waals surface area contributed by atoms with Gasteiger partial charge in [0.25, 0.3) is 0 Å². The summed E-state index contributed by atoms with van der Waals surface area (Å²) in [5, 5.41) is 3.99. The van der Waals surface area contributed by atoms with Crippen LogP contribution in [0.1, 0.15) is 5.56 Å². The molecular weight excluding hydrogens is 158 g/mol. The van der Waals surface area contributed by atoms with Gasteiger partial charge in [0.2, 0.25) is 5.91 Å². The molecule has 1 amide bonds. The van der Waals surface area contributed by atoms with Gasteiger partial charge in [-0.3, -0.25) is 4.79 Å². The summed E-state index contributed by atoms with van der Waals surface area (Å²) in [5.74, 6) is 0.156. The van der Waals surface area contributed by atoms with E-state index < -0.39 is 0 Å². The van der Waals surface area contributed by atoms with E-state index in [1.807, 2.05) is 16.8 Å². The molecular formula is C8H11NOS. The Balaban J connectivity index is 2.50. The molecule has 0 aromatic carbocycles. The predicted octanol–water partition coefficient (Wildman–Crippen LogP) is 1.38. The normalized spacial score (nSPS) is 9.64. The van der Waals surface area contributed by atoms with Crippen LogP contribution >= 0.6 is 11.3 Å². The van der Waals surface area contributed by atoms with E-state index in [9.17, 15) is 4.79 Å². The van der Waals surface area contributed by atoms with Crippen LogP contribution in [0.3, 0.4) is 0 Å². The molecule has 0 atom stereocenters. The van der Waals surface area contributed by atoms with Gasteiger partial charge in [-0.25, -0.2) is 0 Å². The second-order valence-corrected chi connectivity index (χ2v) is 3.38. The first-order valence-corrected chi connectivity index (χ1v) is 4.35. The first-order chi connectivity index (χ1) is 5.20. The lowest BCUT2D eigenvalue weighted by atomic mass is 10.2. The standard InChI is InChI=1S/C8H11NOS/c1-9(2)8(10)5-7-3-4-11-6-7/h3-4,6H,5H2,1-2H3. The molecule has 0 spiro atoms. The molecule has 0 aliphatic heterocycles. The molecule has 0 fully saturated rings. The minimum atomic E-state index is 0.156. The minimum absolute atomic E-state index is 0.156. The Kier molecular flexibility index (Phi) is 2.65. The first-order valence-electron chi connectivity index (χ1n) is 3.41. The fourth-order valence-electron chi connectivity index (χ4n) is 0.726. The van der Waals surface area contributed by atoms with Crippen molar-refractivity contribution in [1.82, 2.24) is 4.90 Å². The van der Waals surface area contributed by atoms with Crippen LogP contribution in [0.25, 0.3) is 0 Å². The van der Waals surface area contributed by atoms with Gasteiger partial charge in [0.05, 0.1) is 6.42 Å². The maximum atomic E-state index is 11.1. The SMILES string of the molecule is CN(C)C(=O)Cc1ccsc1. The number of rotatable bonds is 2. The minimum Gasteiger partial charge on any atom is -0.349 e. The summed E-state index contributed by atoms with van der Waals surface area (Å²) in [6.45, 7) is 0.